The molecule has 0 saturated carbocycles. The predicted octanol–water partition coefficient (Wildman–Crippen LogP) is 3.82. The zero-order valence-electron chi connectivity index (χ0n) is 18.5. The van der Waals surface area contributed by atoms with E-state index >= 15 is 0 Å². The molecular formula is C23H31N3O3S. The van der Waals surface area contributed by atoms with Crippen molar-refractivity contribution >= 4 is 23.3 Å². The molecule has 2 heterocycles. The smallest absolute Gasteiger partial charge is 0.246 e. The van der Waals surface area contributed by atoms with Crippen LogP contribution in [0.3, 0.4) is 0 Å². The summed E-state index contributed by atoms with van der Waals surface area (Å²) in [5.74, 6) is 1.43. The molecule has 1 aliphatic heterocycles. The summed E-state index contributed by atoms with van der Waals surface area (Å²) >= 11 is 1.73. The summed E-state index contributed by atoms with van der Waals surface area (Å²) in [6.45, 7) is 10.6. The zero-order valence-corrected chi connectivity index (χ0v) is 19.3. The van der Waals surface area contributed by atoms with Crippen LogP contribution in [0.25, 0.3) is 6.08 Å². The largest absolute Gasteiger partial charge is 0.497 e. The van der Waals surface area contributed by atoms with Gasteiger partial charge in [0, 0.05) is 61.2 Å². The lowest BCUT2D eigenvalue weighted by molar-refractivity contribution is -0.127. The van der Waals surface area contributed by atoms with Crippen molar-refractivity contribution < 1.29 is 14.3 Å². The van der Waals surface area contributed by atoms with Gasteiger partial charge in [-0.25, -0.2) is 4.98 Å². The van der Waals surface area contributed by atoms with Crippen LogP contribution >= 0.6 is 11.3 Å². The third-order valence-electron chi connectivity index (χ3n) is 5.11. The minimum atomic E-state index is 0.0243. The first-order valence-corrected chi connectivity index (χ1v) is 11.0. The molecule has 2 aromatic rings. The van der Waals surface area contributed by atoms with Gasteiger partial charge in [0.15, 0.2) is 0 Å². The molecule has 7 heteroatoms. The van der Waals surface area contributed by atoms with Crippen LogP contribution in [-0.4, -0.2) is 61.1 Å². The average Bonchev–Trinajstić information content (AvgIpc) is 3.21. The molecule has 162 valence electrons. The Morgan fingerprint density at radius 1 is 1.17 bits per heavy atom. The van der Waals surface area contributed by atoms with E-state index in [2.05, 4.69) is 31.1 Å². The number of carbonyl (C=O) groups excluding carboxylic acids is 1. The number of ether oxygens (including phenoxy) is 2. The molecule has 1 amide bonds. The van der Waals surface area contributed by atoms with Crippen molar-refractivity contribution in [2.45, 2.75) is 32.7 Å². The van der Waals surface area contributed by atoms with E-state index in [0.717, 1.165) is 49.7 Å². The van der Waals surface area contributed by atoms with Crippen LogP contribution in [0, 0.1) is 0 Å². The summed E-state index contributed by atoms with van der Waals surface area (Å²) in [6, 6.07) is 5.56. The molecule has 1 fully saturated rings. The molecule has 1 saturated heterocycles. The highest BCUT2D eigenvalue weighted by Gasteiger charge is 2.22. The quantitative estimate of drug-likeness (QED) is 0.654. The van der Waals surface area contributed by atoms with Gasteiger partial charge in [-0.15, -0.1) is 11.3 Å². The molecule has 0 N–H and O–H groups in total. The lowest BCUT2D eigenvalue weighted by Crippen LogP contribution is -2.47. The van der Waals surface area contributed by atoms with Crippen molar-refractivity contribution in [3.05, 3.63) is 45.9 Å². The number of rotatable bonds is 6. The summed E-state index contributed by atoms with van der Waals surface area (Å²) in [6.07, 6.45) is 3.42. The van der Waals surface area contributed by atoms with Crippen molar-refractivity contribution in [1.82, 2.24) is 14.8 Å². The normalized spacial score (nSPS) is 15.6. The van der Waals surface area contributed by atoms with E-state index in [0.29, 0.717) is 5.75 Å². The maximum absolute atomic E-state index is 12.6. The summed E-state index contributed by atoms with van der Waals surface area (Å²) in [5.41, 5.74) is 2.06. The molecule has 1 aromatic carbocycles. The van der Waals surface area contributed by atoms with Gasteiger partial charge in [0.05, 0.1) is 24.9 Å². The SMILES string of the molecule is COc1ccc(/C=C/C(=O)N2CCN(Cc3csc(C(C)(C)C)n3)CC2)c(OC)c1. The number of benzene rings is 1. The second kappa shape index (κ2) is 9.62. The van der Waals surface area contributed by atoms with Gasteiger partial charge in [-0.05, 0) is 18.2 Å². The molecule has 0 spiro atoms. The van der Waals surface area contributed by atoms with Gasteiger partial charge in [-0.1, -0.05) is 20.8 Å². The number of nitrogens with zero attached hydrogens (tertiary/aromatic N) is 3. The zero-order chi connectivity index (χ0) is 21.7. The maximum Gasteiger partial charge on any atom is 0.246 e. The second-order valence-electron chi connectivity index (χ2n) is 8.44. The first kappa shape index (κ1) is 22.3. The minimum Gasteiger partial charge on any atom is -0.497 e. The fourth-order valence-corrected chi connectivity index (χ4v) is 4.20. The Morgan fingerprint density at radius 3 is 2.50 bits per heavy atom. The number of aromatic nitrogens is 1. The van der Waals surface area contributed by atoms with E-state index in [1.165, 1.54) is 5.01 Å². The highest BCUT2D eigenvalue weighted by atomic mass is 32.1. The lowest BCUT2D eigenvalue weighted by Gasteiger charge is -2.33. The van der Waals surface area contributed by atoms with Gasteiger partial charge in [0.25, 0.3) is 0 Å². The van der Waals surface area contributed by atoms with E-state index in [1.54, 1.807) is 37.7 Å². The highest BCUT2D eigenvalue weighted by molar-refractivity contribution is 7.09. The average molecular weight is 430 g/mol. The summed E-state index contributed by atoms with van der Waals surface area (Å²) in [5, 5.41) is 3.33. The van der Waals surface area contributed by atoms with E-state index < -0.39 is 0 Å². The molecule has 30 heavy (non-hydrogen) atoms. The van der Waals surface area contributed by atoms with E-state index in [4.69, 9.17) is 14.5 Å². The fraction of sp³-hybridized carbons (Fsp3) is 0.478. The van der Waals surface area contributed by atoms with Crippen molar-refractivity contribution in [1.29, 1.82) is 0 Å². The Hall–Kier alpha value is -2.38. The van der Waals surface area contributed by atoms with Gasteiger partial charge >= 0.3 is 0 Å². The third kappa shape index (κ3) is 5.61. The van der Waals surface area contributed by atoms with Crippen molar-refractivity contribution in [3.63, 3.8) is 0 Å². The van der Waals surface area contributed by atoms with Crippen LogP contribution in [0.1, 0.15) is 37.0 Å². The monoisotopic (exact) mass is 429 g/mol. The number of hydrogen-bond donors (Lipinski definition) is 0. The molecule has 6 nitrogen and oxygen atoms in total. The number of piperazine rings is 1. The Labute approximate surface area is 183 Å². The van der Waals surface area contributed by atoms with Crippen molar-refractivity contribution in [3.8, 4) is 11.5 Å². The fourth-order valence-electron chi connectivity index (χ4n) is 3.30. The molecule has 0 unspecified atom stereocenters. The van der Waals surface area contributed by atoms with E-state index in [-0.39, 0.29) is 11.3 Å². The van der Waals surface area contributed by atoms with Crippen LogP contribution in [0.5, 0.6) is 11.5 Å². The molecule has 1 aromatic heterocycles. The van der Waals surface area contributed by atoms with Crippen LogP contribution in [0.15, 0.2) is 29.7 Å². The maximum atomic E-state index is 12.6. The number of carbonyl (C=O) groups is 1. The number of hydrogen-bond acceptors (Lipinski definition) is 6. The molecule has 0 bridgehead atoms. The number of amides is 1. The van der Waals surface area contributed by atoms with Crippen molar-refractivity contribution in [2.75, 3.05) is 40.4 Å². The Kier molecular flexibility index (Phi) is 7.15. The van der Waals surface area contributed by atoms with Crippen molar-refractivity contribution in [2.24, 2.45) is 0 Å². The number of thiazole rings is 1. The highest BCUT2D eigenvalue weighted by Crippen LogP contribution is 2.27. The van der Waals surface area contributed by atoms with Gasteiger partial charge in [-0.2, -0.15) is 0 Å². The molecule has 0 atom stereocenters. The molecule has 3 rings (SSSR count). The number of methoxy groups -OCH3 is 2. The standard InChI is InChI=1S/C23H31N3O3S/c1-23(2,3)22-24-18(16-30-22)15-25-10-12-26(13-11-25)21(27)9-7-17-6-8-19(28-4)14-20(17)29-5/h6-9,14,16H,10-13,15H2,1-5H3/b9-7+. The molecule has 1 aliphatic rings. The minimum absolute atomic E-state index is 0.0243. The van der Waals surface area contributed by atoms with E-state index in [1.807, 2.05) is 23.1 Å². The summed E-state index contributed by atoms with van der Waals surface area (Å²) in [4.78, 5) is 21.7. The second-order valence-corrected chi connectivity index (χ2v) is 9.29. The van der Waals surface area contributed by atoms with E-state index in [9.17, 15) is 4.79 Å². The lowest BCUT2D eigenvalue weighted by atomic mass is 9.98. The van der Waals surface area contributed by atoms with Crippen LogP contribution in [0.2, 0.25) is 0 Å². The Morgan fingerprint density at radius 2 is 1.90 bits per heavy atom. The van der Waals surface area contributed by atoms with Gasteiger partial charge in [-0.3, -0.25) is 9.69 Å². The Balaban J connectivity index is 1.53. The molecular weight excluding hydrogens is 398 g/mol. The van der Waals surface area contributed by atoms with Crippen LogP contribution in [0.4, 0.5) is 0 Å². The van der Waals surface area contributed by atoms with Crippen LogP contribution < -0.4 is 9.47 Å². The topological polar surface area (TPSA) is 54.9 Å². The third-order valence-corrected chi connectivity index (χ3v) is 6.43. The van der Waals surface area contributed by atoms with Gasteiger partial charge < -0.3 is 14.4 Å². The molecule has 0 aliphatic carbocycles. The molecule has 0 radical (unpaired) electrons. The van der Waals surface area contributed by atoms with Gasteiger partial charge in [0.2, 0.25) is 5.91 Å². The summed E-state index contributed by atoms with van der Waals surface area (Å²) in [7, 11) is 3.23. The summed E-state index contributed by atoms with van der Waals surface area (Å²) < 4.78 is 10.6. The predicted molar refractivity (Wildman–Crippen MR) is 121 cm³/mol. The Bertz CT molecular complexity index is 893. The van der Waals surface area contributed by atoms with Gasteiger partial charge in [0.1, 0.15) is 11.5 Å². The van der Waals surface area contributed by atoms with Crippen LogP contribution in [-0.2, 0) is 16.8 Å². The first-order chi connectivity index (χ1) is 14.3. The first-order valence-electron chi connectivity index (χ1n) is 10.2.